The van der Waals surface area contributed by atoms with E-state index in [1.54, 1.807) is 6.26 Å². The van der Waals surface area contributed by atoms with Gasteiger partial charge >= 0.3 is 0 Å². The minimum Gasteiger partial charge on any atom is -0.493 e. The molecule has 0 fully saturated rings. The first-order valence-corrected chi connectivity index (χ1v) is 8.78. The topological polar surface area (TPSA) is 64.4 Å². The number of aromatic nitrogens is 1. The predicted octanol–water partition coefficient (Wildman–Crippen LogP) is 3.91. The monoisotopic (exact) mass is 348 g/mol. The van der Waals surface area contributed by atoms with Gasteiger partial charge in [-0.25, -0.2) is 4.98 Å². The molecule has 5 nitrogen and oxygen atoms in total. The van der Waals surface area contributed by atoms with E-state index in [1.807, 2.05) is 54.6 Å². The molecule has 1 atom stereocenters. The van der Waals surface area contributed by atoms with Crippen LogP contribution in [0.2, 0.25) is 0 Å². The van der Waals surface area contributed by atoms with Gasteiger partial charge in [-0.15, -0.1) is 0 Å². The third kappa shape index (κ3) is 3.61. The molecule has 0 bridgehead atoms. The molecule has 1 amide bonds. The Balaban J connectivity index is 1.35. The summed E-state index contributed by atoms with van der Waals surface area (Å²) >= 11 is 0. The first-order valence-electron chi connectivity index (χ1n) is 8.78. The third-order valence-electron chi connectivity index (χ3n) is 4.55. The van der Waals surface area contributed by atoms with Gasteiger partial charge in [0.1, 0.15) is 12.0 Å². The average molecular weight is 348 g/mol. The van der Waals surface area contributed by atoms with E-state index in [-0.39, 0.29) is 11.8 Å². The zero-order valence-electron chi connectivity index (χ0n) is 14.4. The summed E-state index contributed by atoms with van der Waals surface area (Å²) in [5.41, 5.74) is 2.75. The molecular weight excluding hydrogens is 328 g/mol. The molecule has 0 saturated heterocycles. The zero-order chi connectivity index (χ0) is 17.8. The molecule has 0 unspecified atom stereocenters. The van der Waals surface area contributed by atoms with E-state index in [2.05, 4.69) is 10.3 Å². The maximum atomic E-state index is 12.4. The van der Waals surface area contributed by atoms with Crippen molar-refractivity contribution in [3.8, 4) is 17.2 Å². The van der Waals surface area contributed by atoms with Crippen LogP contribution in [0.1, 0.15) is 30.0 Å². The SMILES string of the molecule is O=C(C[C@H]1CCOc2ccccc21)NCc1coc(-c2ccccc2)n1. The van der Waals surface area contributed by atoms with Crippen molar-refractivity contribution in [3.05, 3.63) is 72.1 Å². The molecule has 1 aliphatic rings. The minimum atomic E-state index is 0.0102. The van der Waals surface area contributed by atoms with E-state index < -0.39 is 0 Å². The molecule has 0 aliphatic carbocycles. The summed E-state index contributed by atoms with van der Waals surface area (Å²) in [5, 5.41) is 2.94. The second-order valence-corrected chi connectivity index (χ2v) is 6.36. The summed E-state index contributed by atoms with van der Waals surface area (Å²) < 4.78 is 11.2. The molecule has 4 rings (SSSR count). The molecule has 1 aliphatic heterocycles. The van der Waals surface area contributed by atoms with Crippen molar-refractivity contribution < 1.29 is 13.9 Å². The van der Waals surface area contributed by atoms with Crippen LogP contribution in [0.25, 0.3) is 11.5 Å². The highest BCUT2D eigenvalue weighted by atomic mass is 16.5. The Labute approximate surface area is 152 Å². The number of ether oxygens (including phenoxy) is 1. The standard InChI is InChI=1S/C21H20N2O3/c24-20(12-16-10-11-25-19-9-5-4-8-18(16)19)22-13-17-14-26-21(23-17)15-6-2-1-3-7-15/h1-9,14,16H,10-13H2,(H,22,24)/t16-/m1/s1. The average Bonchev–Trinajstić information content (AvgIpc) is 3.17. The van der Waals surface area contributed by atoms with Crippen LogP contribution in [0.4, 0.5) is 0 Å². The highest BCUT2D eigenvalue weighted by Crippen LogP contribution is 2.35. The van der Waals surface area contributed by atoms with Crippen LogP contribution in [-0.4, -0.2) is 17.5 Å². The van der Waals surface area contributed by atoms with Crippen LogP contribution in [0.15, 0.2) is 65.3 Å². The number of amides is 1. The van der Waals surface area contributed by atoms with Crippen LogP contribution in [-0.2, 0) is 11.3 Å². The lowest BCUT2D eigenvalue weighted by atomic mass is 9.90. The zero-order valence-corrected chi connectivity index (χ0v) is 14.4. The number of carbonyl (C=O) groups is 1. The number of oxazole rings is 1. The van der Waals surface area contributed by atoms with E-state index in [0.717, 1.165) is 23.3 Å². The van der Waals surface area contributed by atoms with Gasteiger partial charge in [-0.1, -0.05) is 36.4 Å². The highest BCUT2D eigenvalue weighted by molar-refractivity contribution is 5.77. The lowest BCUT2D eigenvalue weighted by Gasteiger charge is -2.25. The van der Waals surface area contributed by atoms with Gasteiger partial charge in [0.15, 0.2) is 0 Å². The van der Waals surface area contributed by atoms with Gasteiger partial charge in [-0.2, -0.15) is 0 Å². The van der Waals surface area contributed by atoms with Crippen molar-refractivity contribution in [3.63, 3.8) is 0 Å². The van der Waals surface area contributed by atoms with Gasteiger partial charge in [0.2, 0.25) is 11.8 Å². The van der Waals surface area contributed by atoms with Crippen LogP contribution < -0.4 is 10.1 Å². The second kappa shape index (κ2) is 7.44. The third-order valence-corrected chi connectivity index (χ3v) is 4.55. The summed E-state index contributed by atoms with van der Waals surface area (Å²) in [4.78, 5) is 16.8. The maximum Gasteiger partial charge on any atom is 0.226 e. The fourth-order valence-electron chi connectivity index (χ4n) is 3.21. The quantitative estimate of drug-likeness (QED) is 0.759. The first kappa shape index (κ1) is 16.4. The molecule has 0 spiro atoms. The second-order valence-electron chi connectivity index (χ2n) is 6.36. The number of rotatable bonds is 5. The molecule has 5 heteroatoms. The Morgan fingerprint density at radius 1 is 1.12 bits per heavy atom. The van der Waals surface area contributed by atoms with Crippen LogP contribution in [0, 0.1) is 0 Å². The summed E-state index contributed by atoms with van der Waals surface area (Å²) in [7, 11) is 0. The summed E-state index contributed by atoms with van der Waals surface area (Å²) in [6.45, 7) is 1.01. The Hall–Kier alpha value is -3.08. The van der Waals surface area contributed by atoms with Crippen LogP contribution >= 0.6 is 0 Å². The molecule has 0 radical (unpaired) electrons. The van der Waals surface area contributed by atoms with Gasteiger partial charge in [0, 0.05) is 12.0 Å². The van der Waals surface area contributed by atoms with Crippen molar-refractivity contribution in [2.75, 3.05) is 6.61 Å². The minimum absolute atomic E-state index is 0.0102. The fourth-order valence-corrected chi connectivity index (χ4v) is 3.21. The maximum absolute atomic E-state index is 12.4. The molecule has 132 valence electrons. The lowest BCUT2D eigenvalue weighted by molar-refractivity contribution is -0.121. The highest BCUT2D eigenvalue weighted by Gasteiger charge is 2.23. The Bertz CT molecular complexity index is 889. The smallest absolute Gasteiger partial charge is 0.226 e. The first-order chi connectivity index (χ1) is 12.8. The van der Waals surface area contributed by atoms with Gasteiger partial charge in [-0.3, -0.25) is 4.79 Å². The molecule has 0 saturated carbocycles. The van der Waals surface area contributed by atoms with E-state index in [0.29, 0.717) is 31.2 Å². The van der Waals surface area contributed by atoms with Crippen molar-refractivity contribution in [1.82, 2.24) is 10.3 Å². The number of nitrogens with zero attached hydrogens (tertiary/aromatic N) is 1. The van der Waals surface area contributed by atoms with Crippen molar-refractivity contribution in [2.24, 2.45) is 0 Å². The Kier molecular flexibility index (Phi) is 4.69. The molecule has 1 N–H and O–H groups in total. The van der Waals surface area contributed by atoms with Crippen LogP contribution in [0.5, 0.6) is 5.75 Å². The van der Waals surface area contributed by atoms with E-state index >= 15 is 0 Å². The number of hydrogen-bond donors (Lipinski definition) is 1. The lowest BCUT2D eigenvalue weighted by Crippen LogP contribution is -2.26. The van der Waals surface area contributed by atoms with Crippen molar-refractivity contribution in [1.29, 1.82) is 0 Å². The molecule has 1 aromatic heterocycles. The molecule has 26 heavy (non-hydrogen) atoms. The molecular formula is C21H20N2O3. The summed E-state index contributed by atoms with van der Waals surface area (Å²) in [5.74, 6) is 1.65. The molecule has 3 aromatic rings. The largest absolute Gasteiger partial charge is 0.493 e. The van der Waals surface area contributed by atoms with Gasteiger partial charge in [-0.05, 0) is 36.1 Å². The van der Waals surface area contributed by atoms with Gasteiger partial charge < -0.3 is 14.5 Å². The van der Waals surface area contributed by atoms with E-state index in [1.165, 1.54) is 0 Å². The number of fused-ring (bicyclic) bond motifs is 1. The van der Waals surface area contributed by atoms with E-state index in [4.69, 9.17) is 9.15 Å². The number of nitrogens with one attached hydrogen (secondary N) is 1. The van der Waals surface area contributed by atoms with E-state index in [9.17, 15) is 4.79 Å². The fraction of sp³-hybridized carbons (Fsp3) is 0.238. The number of para-hydroxylation sites is 1. The Morgan fingerprint density at radius 3 is 2.81 bits per heavy atom. The number of carbonyl (C=O) groups excluding carboxylic acids is 1. The number of hydrogen-bond acceptors (Lipinski definition) is 4. The van der Waals surface area contributed by atoms with Crippen molar-refractivity contribution in [2.45, 2.75) is 25.3 Å². The summed E-state index contributed by atoms with van der Waals surface area (Å²) in [6, 6.07) is 17.6. The normalized spacial score (nSPS) is 15.8. The predicted molar refractivity (Wildman–Crippen MR) is 97.7 cm³/mol. The molecule has 2 aromatic carbocycles. The number of benzene rings is 2. The molecule has 2 heterocycles. The summed E-state index contributed by atoms with van der Waals surface area (Å²) in [6.07, 6.45) is 2.89. The van der Waals surface area contributed by atoms with Crippen molar-refractivity contribution >= 4 is 5.91 Å². The van der Waals surface area contributed by atoms with Crippen LogP contribution in [0.3, 0.4) is 0 Å². The van der Waals surface area contributed by atoms with Gasteiger partial charge in [0.05, 0.1) is 18.8 Å². The van der Waals surface area contributed by atoms with Gasteiger partial charge in [0.25, 0.3) is 0 Å². The Morgan fingerprint density at radius 2 is 1.92 bits per heavy atom.